The van der Waals surface area contributed by atoms with E-state index in [-0.39, 0.29) is 5.56 Å². The summed E-state index contributed by atoms with van der Waals surface area (Å²) in [6.45, 7) is 3.39. The molecule has 0 heterocycles. The minimum atomic E-state index is -5.28. The lowest BCUT2D eigenvalue weighted by Crippen LogP contribution is -2.38. The molecule has 0 bridgehead atoms. The lowest BCUT2D eigenvalue weighted by molar-refractivity contribution is -0.283. The van der Waals surface area contributed by atoms with Crippen LogP contribution in [0.4, 0.5) is 26.3 Å². The summed E-state index contributed by atoms with van der Waals surface area (Å²) in [5.41, 5.74) is 1.54. The van der Waals surface area contributed by atoms with E-state index in [2.05, 4.69) is 0 Å². The molecule has 18 heavy (non-hydrogen) atoms. The second-order valence-corrected chi connectivity index (χ2v) is 4.26. The van der Waals surface area contributed by atoms with Gasteiger partial charge in [-0.15, -0.1) is 0 Å². The average Bonchev–Trinajstić information content (AvgIpc) is 2.16. The Labute approximate surface area is 101 Å². The Bertz CT molecular complexity index is 402. The lowest BCUT2D eigenvalue weighted by Gasteiger charge is -2.23. The van der Waals surface area contributed by atoms with Gasteiger partial charge in [0.25, 0.3) is 0 Å². The van der Waals surface area contributed by atoms with Crippen LogP contribution in [-0.4, -0.2) is 12.4 Å². The van der Waals surface area contributed by atoms with Crippen LogP contribution in [0.15, 0.2) is 18.2 Å². The lowest BCUT2D eigenvalue weighted by atomic mass is 9.96. The molecule has 0 radical (unpaired) electrons. The molecule has 0 N–H and O–H groups in total. The van der Waals surface area contributed by atoms with E-state index in [0.29, 0.717) is 5.56 Å². The maximum atomic E-state index is 12.4. The van der Waals surface area contributed by atoms with Crippen molar-refractivity contribution in [3.05, 3.63) is 34.9 Å². The smallest absolute Gasteiger partial charge is 0.170 e. The molecule has 6 heteroatoms. The fourth-order valence-corrected chi connectivity index (χ4v) is 1.58. The number of aryl methyl sites for hydroxylation is 2. The molecule has 0 spiro atoms. The Kier molecular flexibility index (Phi) is 3.98. The summed E-state index contributed by atoms with van der Waals surface area (Å²) in [7, 11) is 0. The van der Waals surface area contributed by atoms with Gasteiger partial charge >= 0.3 is 12.4 Å². The molecule has 0 aliphatic carbocycles. The van der Waals surface area contributed by atoms with Gasteiger partial charge in [0.1, 0.15) is 0 Å². The first-order valence-electron chi connectivity index (χ1n) is 5.21. The molecule has 0 fully saturated rings. The van der Waals surface area contributed by atoms with E-state index in [9.17, 15) is 26.3 Å². The quantitative estimate of drug-likeness (QED) is 0.690. The van der Waals surface area contributed by atoms with Crippen LogP contribution < -0.4 is 0 Å². The minimum Gasteiger partial charge on any atom is -0.170 e. The van der Waals surface area contributed by atoms with E-state index in [1.54, 1.807) is 13.8 Å². The largest absolute Gasteiger partial charge is 0.400 e. The number of hydrogen-bond acceptors (Lipinski definition) is 0. The van der Waals surface area contributed by atoms with Crippen molar-refractivity contribution in [2.24, 2.45) is 5.92 Å². The van der Waals surface area contributed by atoms with Crippen LogP contribution in [-0.2, 0) is 6.42 Å². The van der Waals surface area contributed by atoms with Gasteiger partial charge in [-0.2, -0.15) is 26.3 Å². The first-order chi connectivity index (χ1) is 8.01. The molecule has 0 aliphatic heterocycles. The molecule has 0 aromatic heterocycles. The molecule has 0 saturated carbocycles. The van der Waals surface area contributed by atoms with Gasteiger partial charge in [0, 0.05) is 0 Å². The summed E-state index contributed by atoms with van der Waals surface area (Å²) in [6, 6.07) is 4.18. The summed E-state index contributed by atoms with van der Waals surface area (Å²) in [5.74, 6) is -3.31. The molecule has 0 amide bonds. The Balaban J connectivity index is 3.01. The van der Waals surface area contributed by atoms with Crippen LogP contribution in [0.2, 0.25) is 0 Å². The normalized spacial score (nSPS) is 13.2. The predicted molar refractivity (Wildman–Crippen MR) is 55.2 cm³/mol. The molecule has 1 aromatic rings. The maximum Gasteiger partial charge on any atom is 0.400 e. The van der Waals surface area contributed by atoms with Crippen LogP contribution in [0.3, 0.4) is 0 Å². The van der Waals surface area contributed by atoms with E-state index in [0.717, 1.165) is 5.56 Å². The molecule has 0 aliphatic rings. The van der Waals surface area contributed by atoms with Crippen molar-refractivity contribution in [1.82, 2.24) is 0 Å². The molecule has 0 saturated heterocycles. The SMILES string of the molecule is Cc1ccc(CC(C(F)(F)F)C(F)(F)F)cc1C. The topological polar surface area (TPSA) is 0 Å². The standard InChI is InChI=1S/C12H12F6/c1-7-3-4-9(5-8(7)2)6-10(11(13,14)15)12(16,17)18/h3-5,10H,6H2,1-2H3. The number of alkyl halides is 6. The summed E-state index contributed by atoms with van der Waals surface area (Å²) in [4.78, 5) is 0. The number of rotatable bonds is 2. The molecule has 0 unspecified atom stereocenters. The molecular formula is C12H12F6. The Morgan fingerprint density at radius 1 is 0.889 bits per heavy atom. The molecular weight excluding hydrogens is 258 g/mol. The van der Waals surface area contributed by atoms with Crippen molar-refractivity contribution >= 4 is 0 Å². The third kappa shape index (κ3) is 3.65. The third-order valence-corrected chi connectivity index (χ3v) is 2.80. The number of benzene rings is 1. The summed E-state index contributed by atoms with van der Waals surface area (Å²) in [5, 5.41) is 0. The van der Waals surface area contributed by atoms with E-state index in [1.807, 2.05) is 0 Å². The monoisotopic (exact) mass is 270 g/mol. The highest BCUT2D eigenvalue weighted by atomic mass is 19.4. The fourth-order valence-electron chi connectivity index (χ4n) is 1.58. The van der Waals surface area contributed by atoms with Crippen molar-refractivity contribution in [1.29, 1.82) is 0 Å². The van der Waals surface area contributed by atoms with Crippen LogP contribution >= 0.6 is 0 Å². The second kappa shape index (κ2) is 4.82. The molecule has 1 rings (SSSR count). The Morgan fingerprint density at radius 2 is 1.39 bits per heavy atom. The van der Waals surface area contributed by atoms with Gasteiger partial charge in [0.05, 0.1) is 0 Å². The van der Waals surface area contributed by atoms with Crippen molar-refractivity contribution in [3.8, 4) is 0 Å². The van der Waals surface area contributed by atoms with Crippen molar-refractivity contribution in [2.75, 3.05) is 0 Å². The highest BCUT2D eigenvalue weighted by molar-refractivity contribution is 5.30. The van der Waals surface area contributed by atoms with E-state index >= 15 is 0 Å². The summed E-state index contributed by atoms with van der Waals surface area (Å²) < 4.78 is 74.2. The predicted octanol–water partition coefficient (Wildman–Crippen LogP) is 4.59. The second-order valence-electron chi connectivity index (χ2n) is 4.26. The van der Waals surface area contributed by atoms with Crippen LogP contribution in [0, 0.1) is 19.8 Å². The van der Waals surface area contributed by atoms with Gasteiger partial charge in [-0.05, 0) is 37.0 Å². The van der Waals surface area contributed by atoms with Gasteiger partial charge in [-0.3, -0.25) is 0 Å². The average molecular weight is 270 g/mol. The summed E-state index contributed by atoms with van der Waals surface area (Å²) in [6.07, 6.45) is -11.6. The zero-order valence-electron chi connectivity index (χ0n) is 9.78. The van der Waals surface area contributed by atoms with Crippen LogP contribution in [0.25, 0.3) is 0 Å². The highest BCUT2D eigenvalue weighted by Gasteiger charge is 2.56. The fraction of sp³-hybridized carbons (Fsp3) is 0.500. The van der Waals surface area contributed by atoms with Gasteiger partial charge in [-0.25, -0.2) is 0 Å². The van der Waals surface area contributed by atoms with Crippen molar-refractivity contribution < 1.29 is 26.3 Å². The molecule has 102 valence electrons. The molecule has 0 atom stereocenters. The Hall–Kier alpha value is -1.20. The van der Waals surface area contributed by atoms with Gasteiger partial charge < -0.3 is 0 Å². The third-order valence-electron chi connectivity index (χ3n) is 2.80. The molecule has 0 nitrogen and oxygen atoms in total. The van der Waals surface area contributed by atoms with Crippen molar-refractivity contribution in [2.45, 2.75) is 32.6 Å². The van der Waals surface area contributed by atoms with Gasteiger partial charge in [0.2, 0.25) is 0 Å². The highest BCUT2D eigenvalue weighted by Crippen LogP contribution is 2.41. The van der Waals surface area contributed by atoms with Gasteiger partial charge in [-0.1, -0.05) is 18.2 Å². The minimum absolute atomic E-state index is 0.0396. The zero-order chi connectivity index (χ0) is 14.1. The first kappa shape index (κ1) is 14.9. The van der Waals surface area contributed by atoms with Gasteiger partial charge in [0.15, 0.2) is 5.92 Å². The Morgan fingerprint density at radius 3 is 1.78 bits per heavy atom. The molecule has 1 aromatic carbocycles. The van der Waals surface area contributed by atoms with E-state index in [1.165, 1.54) is 18.2 Å². The van der Waals surface area contributed by atoms with Crippen LogP contribution in [0.1, 0.15) is 16.7 Å². The summed E-state index contributed by atoms with van der Waals surface area (Å²) >= 11 is 0. The van der Waals surface area contributed by atoms with Crippen molar-refractivity contribution in [3.63, 3.8) is 0 Å². The number of hydrogen-bond donors (Lipinski definition) is 0. The van der Waals surface area contributed by atoms with Crippen LogP contribution in [0.5, 0.6) is 0 Å². The zero-order valence-corrected chi connectivity index (χ0v) is 9.78. The number of halogens is 6. The first-order valence-corrected chi connectivity index (χ1v) is 5.21. The van der Waals surface area contributed by atoms with E-state index in [4.69, 9.17) is 0 Å². The van der Waals surface area contributed by atoms with E-state index < -0.39 is 24.7 Å². The maximum absolute atomic E-state index is 12.4.